The molecule has 0 fully saturated rings. The van der Waals surface area contributed by atoms with E-state index in [0.29, 0.717) is 5.92 Å². The van der Waals surface area contributed by atoms with Crippen molar-refractivity contribution in [1.82, 2.24) is 5.32 Å². The summed E-state index contributed by atoms with van der Waals surface area (Å²) in [6.45, 7) is 4.28. The van der Waals surface area contributed by atoms with Crippen LogP contribution in [-0.4, -0.2) is 13.1 Å². The van der Waals surface area contributed by atoms with Gasteiger partial charge in [0.2, 0.25) is 0 Å². The monoisotopic (exact) mass is 310 g/mol. The molecule has 0 aliphatic rings. The molecule has 0 atom stereocenters. The fourth-order valence-corrected chi connectivity index (χ4v) is 2.05. The van der Waals surface area contributed by atoms with E-state index in [1.807, 2.05) is 54.6 Å². The maximum atomic E-state index is 11.8. The molecule has 0 saturated heterocycles. The van der Waals surface area contributed by atoms with Crippen LogP contribution in [0.1, 0.15) is 30.9 Å². The summed E-state index contributed by atoms with van der Waals surface area (Å²) in [7, 11) is 1.63. The molecule has 0 saturated carbocycles. The first kappa shape index (κ1) is 16.6. The summed E-state index contributed by atoms with van der Waals surface area (Å²) in [6.07, 6.45) is 3.43. The number of hydrogen-bond donors (Lipinski definition) is 2. The second-order valence-electron chi connectivity index (χ2n) is 5.48. The summed E-state index contributed by atoms with van der Waals surface area (Å²) in [5.74, 6) is 1.28. The first-order valence-corrected chi connectivity index (χ1v) is 7.56. The van der Waals surface area contributed by atoms with Gasteiger partial charge in [-0.05, 0) is 47.4 Å². The largest absolute Gasteiger partial charge is 0.497 e. The molecule has 4 nitrogen and oxygen atoms in total. The van der Waals surface area contributed by atoms with Crippen LogP contribution in [0.15, 0.2) is 54.7 Å². The van der Waals surface area contributed by atoms with Crippen molar-refractivity contribution in [2.24, 2.45) is 0 Å². The molecule has 2 aromatic rings. The Kier molecular flexibility index (Phi) is 5.80. The smallest absolute Gasteiger partial charge is 0.323 e. The minimum absolute atomic E-state index is 0.271. The third-order valence-electron chi connectivity index (χ3n) is 3.44. The quantitative estimate of drug-likeness (QED) is 0.847. The van der Waals surface area contributed by atoms with Crippen LogP contribution in [0.5, 0.6) is 5.75 Å². The summed E-state index contributed by atoms with van der Waals surface area (Å²) in [5.41, 5.74) is 2.99. The highest BCUT2D eigenvalue weighted by Gasteiger charge is 2.01. The molecule has 0 heterocycles. The van der Waals surface area contributed by atoms with Gasteiger partial charge in [-0.25, -0.2) is 4.79 Å². The Labute approximate surface area is 137 Å². The van der Waals surface area contributed by atoms with Crippen molar-refractivity contribution in [2.75, 3.05) is 12.4 Å². The van der Waals surface area contributed by atoms with Gasteiger partial charge < -0.3 is 15.4 Å². The van der Waals surface area contributed by atoms with Crippen LogP contribution in [0.4, 0.5) is 10.5 Å². The van der Waals surface area contributed by atoms with Crippen molar-refractivity contribution >= 4 is 17.8 Å². The van der Waals surface area contributed by atoms with Gasteiger partial charge in [-0.15, -0.1) is 0 Å². The summed E-state index contributed by atoms with van der Waals surface area (Å²) in [5, 5.41) is 5.48. The summed E-state index contributed by atoms with van der Waals surface area (Å²) in [6, 6.07) is 15.2. The van der Waals surface area contributed by atoms with E-state index in [1.165, 1.54) is 5.56 Å². The van der Waals surface area contributed by atoms with Gasteiger partial charge in [0.15, 0.2) is 0 Å². The first-order valence-electron chi connectivity index (χ1n) is 7.56. The molecule has 2 aromatic carbocycles. The van der Waals surface area contributed by atoms with E-state index in [2.05, 4.69) is 24.5 Å². The summed E-state index contributed by atoms with van der Waals surface area (Å²) < 4.78 is 5.10. The second kappa shape index (κ2) is 8.03. The van der Waals surface area contributed by atoms with Crippen LogP contribution in [-0.2, 0) is 0 Å². The zero-order valence-electron chi connectivity index (χ0n) is 13.7. The van der Waals surface area contributed by atoms with Crippen molar-refractivity contribution in [3.05, 3.63) is 65.9 Å². The number of benzene rings is 2. The fourth-order valence-electron chi connectivity index (χ4n) is 2.05. The van der Waals surface area contributed by atoms with Crippen molar-refractivity contribution in [3.8, 4) is 5.75 Å². The lowest BCUT2D eigenvalue weighted by atomic mass is 10.0. The lowest BCUT2D eigenvalue weighted by molar-refractivity contribution is 0.255. The Morgan fingerprint density at radius 2 is 1.70 bits per heavy atom. The molecule has 0 aromatic heterocycles. The van der Waals surface area contributed by atoms with Gasteiger partial charge in [-0.1, -0.05) is 38.1 Å². The first-order chi connectivity index (χ1) is 11.1. The number of ether oxygens (including phenoxy) is 1. The van der Waals surface area contributed by atoms with Crippen LogP contribution < -0.4 is 15.4 Å². The van der Waals surface area contributed by atoms with E-state index < -0.39 is 0 Å². The number of carbonyl (C=O) groups excluding carboxylic acids is 1. The second-order valence-corrected chi connectivity index (χ2v) is 5.48. The van der Waals surface area contributed by atoms with Gasteiger partial charge in [-0.2, -0.15) is 0 Å². The molecule has 0 aliphatic carbocycles. The maximum Gasteiger partial charge on any atom is 0.323 e. The molecule has 2 rings (SSSR count). The van der Waals surface area contributed by atoms with Crippen LogP contribution >= 0.6 is 0 Å². The highest BCUT2D eigenvalue weighted by molar-refractivity contribution is 5.90. The van der Waals surface area contributed by atoms with Crippen LogP contribution in [0, 0.1) is 0 Å². The number of methoxy groups -OCH3 is 1. The minimum atomic E-state index is -0.271. The Morgan fingerprint density at radius 3 is 2.26 bits per heavy atom. The van der Waals surface area contributed by atoms with Gasteiger partial charge in [0.1, 0.15) is 5.75 Å². The third kappa shape index (κ3) is 5.18. The number of hydrogen-bond acceptors (Lipinski definition) is 2. The Balaban J connectivity index is 1.85. The number of urea groups is 1. The highest BCUT2D eigenvalue weighted by Crippen LogP contribution is 2.17. The minimum Gasteiger partial charge on any atom is -0.497 e. The van der Waals surface area contributed by atoms with E-state index in [0.717, 1.165) is 17.0 Å². The van der Waals surface area contributed by atoms with E-state index in [1.54, 1.807) is 13.3 Å². The number of carbonyl (C=O) groups is 1. The lowest BCUT2D eigenvalue weighted by Crippen LogP contribution is -2.23. The van der Waals surface area contributed by atoms with E-state index in [4.69, 9.17) is 4.74 Å². The van der Waals surface area contributed by atoms with Crippen LogP contribution in [0.2, 0.25) is 0 Å². The molecule has 23 heavy (non-hydrogen) atoms. The van der Waals surface area contributed by atoms with Crippen molar-refractivity contribution in [1.29, 1.82) is 0 Å². The van der Waals surface area contributed by atoms with Crippen molar-refractivity contribution in [2.45, 2.75) is 19.8 Å². The highest BCUT2D eigenvalue weighted by atomic mass is 16.5. The Bertz CT molecular complexity index is 659. The molecular weight excluding hydrogens is 288 g/mol. The fraction of sp³-hybridized carbons (Fsp3) is 0.211. The number of anilines is 1. The van der Waals surface area contributed by atoms with Crippen molar-refractivity contribution < 1.29 is 9.53 Å². The Hall–Kier alpha value is -2.75. The molecule has 0 spiro atoms. The average molecular weight is 310 g/mol. The molecule has 120 valence electrons. The summed E-state index contributed by atoms with van der Waals surface area (Å²) in [4.78, 5) is 11.8. The lowest BCUT2D eigenvalue weighted by Gasteiger charge is -2.08. The van der Waals surface area contributed by atoms with E-state index in [9.17, 15) is 4.79 Å². The average Bonchev–Trinajstić information content (AvgIpc) is 2.56. The molecule has 0 aliphatic heterocycles. The van der Waals surface area contributed by atoms with E-state index in [-0.39, 0.29) is 6.03 Å². The number of nitrogens with one attached hydrogen (secondary N) is 2. The van der Waals surface area contributed by atoms with Crippen molar-refractivity contribution in [3.63, 3.8) is 0 Å². The molecule has 2 amide bonds. The zero-order valence-corrected chi connectivity index (χ0v) is 13.7. The van der Waals surface area contributed by atoms with Gasteiger partial charge in [0.05, 0.1) is 7.11 Å². The third-order valence-corrected chi connectivity index (χ3v) is 3.44. The molecule has 4 heteroatoms. The predicted molar refractivity (Wildman–Crippen MR) is 94.7 cm³/mol. The van der Waals surface area contributed by atoms with Gasteiger partial charge in [-0.3, -0.25) is 0 Å². The van der Waals surface area contributed by atoms with Gasteiger partial charge >= 0.3 is 6.03 Å². The maximum absolute atomic E-state index is 11.8. The topological polar surface area (TPSA) is 50.4 Å². The van der Waals surface area contributed by atoms with Gasteiger partial charge in [0, 0.05) is 11.9 Å². The predicted octanol–water partition coefficient (Wildman–Crippen LogP) is 4.61. The normalized spacial score (nSPS) is 10.8. The number of rotatable bonds is 5. The number of amides is 2. The Morgan fingerprint density at radius 1 is 1.04 bits per heavy atom. The van der Waals surface area contributed by atoms with Crippen LogP contribution in [0.3, 0.4) is 0 Å². The van der Waals surface area contributed by atoms with E-state index >= 15 is 0 Å². The standard InChI is InChI=1S/C19H22N2O2/c1-14(2)16-6-8-17(9-7-16)21-19(22)20-13-12-15-4-10-18(23-3)11-5-15/h4-14H,1-3H3,(H2,20,21,22)/b13-12+. The molecule has 0 unspecified atom stereocenters. The SMILES string of the molecule is COc1ccc(/C=C/NC(=O)Nc2ccc(C(C)C)cc2)cc1. The zero-order chi connectivity index (χ0) is 16.7. The summed E-state index contributed by atoms with van der Waals surface area (Å²) >= 11 is 0. The molecular formula is C19H22N2O2. The molecule has 0 radical (unpaired) electrons. The van der Waals surface area contributed by atoms with Gasteiger partial charge in [0.25, 0.3) is 0 Å². The van der Waals surface area contributed by atoms with Crippen LogP contribution in [0.25, 0.3) is 6.08 Å². The molecule has 0 bridgehead atoms. The molecule has 2 N–H and O–H groups in total.